The van der Waals surface area contributed by atoms with Crippen LogP contribution in [0.2, 0.25) is 0 Å². The minimum absolute atomic E-state index is 0.111. The quantitative estimate of drug-likeness (QED) is 0.318. The van der Waals surface area contributed by atoms with Crippen LogP contribution in [0.4, 0.5) is 5.69 Å². The first-order valence-corrected chi connectivity index (χ1v) is 18.7. The summed E-state index contributed by atoms with van der Waals surface area (Å²) in [6, 6.07) is 14.7. The van der Waals surface area contributed by atoms with Crippen molar-refractivity contribution in [2.24, 2.45) is 17.8 Å². The first-order chi connectivity index (χ1) is 21.6. The number of sulfonamides is 1. The maximum atomic E-state index is 14.2. The number of amides is 2. The van der Waals surface area contributed by atoms with E-state index in [1.807, 2.05) is 43.3 Å². The average Bonchev–Trinajstić information content (AvgIpc) is 3.51. The molecule has 5 fully saturated rings. The van der Waals surface area contributed by atoms with E-state index in [0.717, 1.165) is 55.3 Å². The molecule has 0 aliphatic heterocycles. The van der Waals surface area contributed by atoms with Crippen LogP contribution in [0.1, 0.15) is 88.7 Å². The fourth-order valence-electron chi connectivity index (χ4n) is 9.31. The third kappa shape index (κ3) is 6.88. The zero-order valence-electron chi connectivity index (χ0n) is 27.0. The summed E-state index contributed by atoms with van der Waals surface area (Å²) in [7, 11) is -2.21. The molecular formula is C36H49N3O5S. The summed E-state index contributed by atoms with van der Waals surface area (Å²) >= 11 is 0. The lowest BCUT2D eigenvalue weighted by atomic mass is 9.48. The largest absolute Gasteiger partial charge is 0.497 e. The molecule has 2 aromatic rings. The number of ether oxygens (including phenoxy) is 1. The molecule has 45 heavy (non-hydrogen) atoms. The fraction of sp³-hybridized carbons (Fsp3) is 0.611. The highest BCUT2D eigenvalue weighted by atomic mass is 32.2. The Bertz CT molecular complexity index is 1450. The third-order valence-corrected chi connectivity index (χ3v) is 12.2. The molecule has 2 amide bonds. The van der Waals surface area contributed by atoms with Gasteiger partial charge in [0, 0.05) is 12.6 Å². The molecule has 2 aromatic carbocycles. The summed E-state index contributed by atoms with van der Waals surface area (Å²) in [6.45, 7) is 1.67. The highest BCUT2D eigenvalue weighted by Gasteiger charge is 2.51. The number of anilines is 1. The van der Waals surface area contributed by atoms with E-state index in [-0.39, 0.29) is 30.5 Å². The third-order valence-electron chi connectivity index (χ3n) is 11.1. The van der Waals surface area contributed by atoms with Crippen LogP contribution in [0.5, 0.6) is 5.75 Å². The molecule has 5 saturated carbocycles. The van der Waals surface area contributed by atoms with Crippen molar-refractivity contribution in [1.29, 1.82) is 0 Å². The van der Waals surface area contributed by atoms with Crippen molar-refractivity contribution >= 4 is 27.5 Å². The van der Waals surface area contributed by atoms with Gasteiger partial charge in [-0.15, -0.1) is 0 Å². The second-order valence-corrected chi connectivity index (χ2v) is 16.2. The first kappa shape index (κ1) is 31.9. The Hall–Kier alpha value is -3.07. The molecule has 4 bridgehead atoms. The number of nitrogens with one attached hydrogen (secondary N) is 1. The maximum absolute atomic E-state index is 14.2. The number of methoxy groups -OCH3 is 1. The van der Waals surface area contributed by atoms with Gasteiger partial charge < -0.3 is 15.0 Å². The van der Waals surface area contributed by atoms with Gasteiger partial charge in [0.15, 0.2) is 0 Å². The number of rotatable bonds is 12. The predicted molar refractivity (Wildman–Crippen MR) is 177 cm³/mol. The Morgan fingerprint density at radius 3 is 2.16 bits per heavy atom. The van der Waals surface area contributed by atoms with Crippen molar-refractivity contribution in [2.45, 2.75) is 102 Å². The molecule has 0 aromatic heterocycles. The van der Waals surface area contributed by atoms with Gasteiger partial charge in [-0.05, 0) is 116 Å². The average molecular weight is 636 g/mol. The van der Waals surface area contributed by atoms with E-state index in [9.17, 15) is 18.0 Å². The summed E-state index contributed by atoms with van der Waals surface area (Å²) in [5, 5.41) is 3.16. The van der Waals surface area contributed by atoms with Crippen LogP contribution in [-0.4, -0.2) is 57.1 Å². The zero-order valence-corrected chi connectivity index (χ0v) is 27.9. The van der Waals surface area contributed by atoms with Gasteiger partial charge in [0.2, 0.25) is 21.8 Å². The normalized spacial score (nSPS) is 26.4. The molecule has 0 spiro atoms. The van der Waals surface area contributed by atoms with E-state index >= 15 is 0 Å². The molecule has 9 heteroatoms. The number of carbonyl (C=O) groups excluding carboxylic acids is 2. The Morgan fingerprint density at radius 1 is 0.978 bits per heavy atom. The van der Waals surface area contributed by atoms with Gasteiger partial charge >= 0.3 is 0 Å². The second kappa shape index (κ2) is 13.0. The molecule has 5 aliphatic carbocycles. The summed E-state index contributed by atoms with van der Waals surface area (Å²) < 4.78 is 33.0. The van der Waals surface area contributed by atoms with Crippen molar-refractivity contribution < 1.29 is 22.7 Å². The van der Waals surface area contributed by atoms with Gasteiger partial charge in [-0.25, -0.2) is 8.42 Å². The van der Waals surface area contributed by atoms with Crippen molar-refractivity contribution in [1.82, 2.24) is 10.2 Å². The van der Waals surface area contributed by atoms with Crippen molar-refractivity contribution in [3.05, 3.63) is 59.7 Å². The first-order valence-electron chi connectivity index (χ1n) is 16.9. The molecule has 0 heterocycles. The minimum Gasteiger partial charge on any atom is -0.497 e. The fourth-order valence-corrected chi connectivity index (χ4v) is 10.2. The maximum Gasteiger partial charge on any atom is 0.244 e. The predicted octanol–water partition coefficient (Wildman–Crippen LogP) is 5.80. The highest BCUT2D eigenvalue weighted by molar-refractivity contribution is 7.92. The van der Waals surface area contributed by atoms with Gasteiger partial charge in [-0.3, -0.25) is 13.9 Å². The molecule has 1 atom stereocenters. The number of hydrogen-bond donors (Lipinski definition) is 1. The molecule has 244 valence electrons. The lowest BCUT2D eigenvalue weighted by molar-refractivity contribution is -0.140. The van der Waals surface area contributed by atoms with E-state index in [4.69, 9.17) is 4.74 Å². The zero-order chi connectivity index (χ0) is 31.8. The monoisotopic (exact) mass is 635 g/mol. The molecule has 0 unspecified atom stereocenters. The van der Waals surface area contributed by atoms with Gasteiger partial charge in [0.1, 0.15) is 18.3 Å². The standard InChI is InChI=1S/C36H49N3O5S/c1-4-33(35(41)37-30-9-5-6-10-30)38(23-25-8-7-11-32(19-25)44-2)34(40)24-39(45(3,42)43)31-14-12-29(13-15-31)36-20-26-16-27(21-36)18-28(17-26)22-36/h7-8,11-15,19,26-28,30,33H,4-6,9-10,16-18,20-24H2,1-3H3,(H,37,41)/t26?,27?,28?,33-,36?/m0/s1. The minimum atomic E-state index is -3.79. The van der Waals surface area contributed by atoms with Gasteiger partial charge in [-0.1, -0.05) is 44.0 Å². The van der Waals surface area contributed by atoms with Crippen LogP contribution in [-0.2, 0) is 31.6 Å². The second-order valence-electron chi connectivity index (χ2n) is 14.3. The van der Waals surface area contributed by atoms with Gasteiger partial charge in [-0.2, -0.15) is 0 Å². The van der Waals surface area contributed by atoms with E-state index in [1.165, 1.54) is 48.4 Å². The van der Waals surface area contributed by atoms with Crippen LogP contribution < -0.4 is 14.4 Å². The number of hydrogen-bond acceptors (Lipinski definition) is 5. The molecular weight excluding hydrogens is 586 g/mol. The van der Waals surface area contributed by atoms with Crippen LogP contribution in [0.3, 0.4) is 0 Å². The van der Waals surface area contributed by atoms with E-state index < -0.39 is 22.0 Å². The summed E-state index contributed by atoms with van der Waals surface area (Å²) in [6.07, 6.45) is 13.4. The summed E-state index contributed by atoms with van der Waals surface area (Å²) in [5.74, 6) is 2.49. The van der Waals surface area contributed by atoms with E-state index in [1.54, 1.807) is 12.0 Å². The van der Waals surface area contributed by atoms with Crippen LogP contribution in [0.15, 0.2) is 48.5 Å². The Balaban J connectivity index is 1.25. The smallest absolute Gasteiger partial charge is 0.244 e. The molecule has 0 radical (unpaired) electrons. The molecule has 8 nitrogen and oxygen atoms in total. The number of benzene rings is 2. The molecule has 1 N–H and O–H groups in total. The Morgan fingerprint density at radius 2 is 1.60 bits per heavy atom. The van der Waals surface area contributed by atoms with E-state index in [0.29, 0.717) is 17.9 Å². The van der Waals surface area contributed by atoms with Gasteiger partial charge in [0.25, 0.3) is 0 Å². The van der Waals surface area contributed by atoms with Crippen LogP contribution >= 0.6 is 0 Å². The van der Waals surface area contributed by atoms with Crippen molar-refractivity contribution in [3.8, 4) is 5.75 Å². The van der Waals surface area contributed by atoms with Crippen LogP contribution in [0, 0.1) is 17.8 Å². The number of carbonyl (C=O) groups is 2. The summed E-state index contributed by atoms with van der Waals surface area (Å²) in [4.78, 5) is 29.3. The lowest BCUT2D eigenvalue weighted by Gasteiger charge is -2.57. The molecule has 0 saturated heterocycles. The van der Waals surface area contributed by atoms with Crippen molar-refractivity contribution in [2.75, 3.05) is 24.2 Å². The van der Waals surface area contributed by atoms with Gasteiger partial charge in [0.05, 0.1) is 19.1 Å². The highest BCUT2D eigenvalue weighted by Crippen LogP contribution is 2.60. The molecule has 7 rings (SSSR count). The topological polar surface area (TPSA) is 96.0 Å². The number of nitrogens with zero attached hydrogens (tertiary/aromatic N) is 2. The van der Waals surface area contributed by atoms with E-state index in [2.05, 4.69) is 17.4 Å². The SMILES string of the molecule is CC[C@@H](C(=O)NC1CCCC1)N(Cc1cccc(OC)c1)C(=O)CN(c1ccc(C23CC4CC(CC(C4)C2)C3)cc1)S(C)(=O)=O. The lowest BCUT2D eigenvalue weighted by Crippen LogP contribution is -2.53. The molecule has 5 aliphatic rings. The summed E-state index contributed by atoms with van der Waals surface area (Å²) in [5.41, 5.74) is 2.79. The Kier molecular flexibility index (Phi) is 9.19. The van der Waals surface area contributed by atoms with Crippen molar-refractivity contribution in [3.63, 3.8) is 0 Å². The van der Waals surface area contributed by atoms with Crippen LogP contribution in [0.25, 0.3) is 0 Å². The Labute approximate surface area is 268 Å².